The predicted molar refractivity (Wildman–Crippen MR) is 102 cm³/mol. The van der Waals surface area contributed by atoms with Gasteiger partial charge in [-0.25, -0.2) is 8.42 Å². The van der Waals surface area contributed by atoms with Crippen molar-refractivity contribution in [1.29, 1.82) is 0 Å². The number of fused-ring (bicyclic) bond motifs is 1. The van der Waals surface area contributed by atoms with E-state index in [1.807, 2.05) is 13.0 Å². The van der Waals surface area contributed by atoms with Crippen LogP contribution in [0, 0.1) is 0 Å². The zero-order valence-electron chi connectivity index (χ0n) is 16.1. The standard InChI is InChI=1S/C20H29NO3S/c1-7-21-9-8-15(25(21,22)23)10-14-11-16(19(2,3)4)18-17(12-14)20(5,6)13-24-18/h10-12H,7-9,13H2,1-6H3. The summed E-state index contributed by atoms with van der Waals surface area (Å²) >= 11 is 0. The molecule has 138 valence electrons. The Balaban J connectivity index is 2.15. The van der Waals surface area contributed by atoms with E-state index in [0.29, 0.717) is 31.0 Å². The molecule has 1 fully saturated rings. The molecule has 1 saturated heterocycles. The first kappa shape index (κ1) is 18.5. The minimum absolute atomic E-state index is 0.0617. The maximum absolute atomic E-state index is 12.6. The SMILES string of the molecule is CCN1CCC(=Cc2cc(C(C)(C)C)c3c(c2)C(C)(C)CO3)S1(=O)=O. The van der Waals surface area contributed by atoms with Crippen molar-refractivity contribution in [3.63, 3.8) is 0 Å². The molecule has 3 rings (SSSR count). The summed E-state index contributed by atoms with van der Waals surface area (Å²) in [5, 5.41) is 0. The van der Waals surface area contributed by atoms with Gasteiger partial charge in [0.1, 0.15) is 5.75 Å². The summed E-state index contributed by atoms with van der Waals surface area (Å²) < 4.78 is 32.8. The summed E-state index contributed by atoms with van der Waals surface area (Å²) in [6, 6.07) is 4.20. The molecule has 5 heteroatoms. The lowest BCUT2D eigenvalue weighted by Gasteiger charge is -2.24. The highest BCUT2D eigenvalue weighted by Gasteiger charge is 2.37. The molecule has 25 heavy (non-hydrogen) atoms. The Kier molecular flexibility index (Phi) is 4.32. The van der Waals surface area contributed by atoms with Gasteiger partial charge in [0.15, 0.2) is 0 Å². The van der Waals surface area contributed by atoms with Gasteiger partial charge in [-0.05, 0) is 35.6 Å². The van der Waals surface area contributed by atoms with Gasteiger partial charge in [0.2, 0.25) is 10.0 Å². The summed E-state index contributed by atoms with van der Waals surface area (Å²) in [7, 11) is -3.30. The number of nitrogens with zero attached hydrogens (tertiary/aromatic N) is 1. The van der Waals surface area contributed by atoms with Crippen LogP contribution >= 0.6 is 0 Å². The fourth-order valence-corrected chi connectivity index (χ4v) is 5.23. The van der Waals surface area contributed by atoms with Gasteiger partial charge < -0.3 is 4.74 Å². The molecule has 0 N–H and O–H groups in total. The molecular weight excluding hydrogens is 334 g/mol. The van der Waals surface area contributed by atoms with Gasteiger partial charge in [-0.1, -0.05) is 41.5 Å². The lowest BCUT2D eigenvalue weighted by molar-refractivity contribution is 0.286. The molecule has 2 aliphatic rings. The first-order valence-electron chi connectivity index (χ1n) is 8.99. The van der Waals surface area contributed by atoms with Crippen molar-refractivity contribution in [2.24, 2.45) is 0 Å². The molecule has 4 nitrogen and oxygen atoms in total. The van der Waals surface area contributed by atoms with Crippen molar-refractivity contribution >= 4 is 16.1 Å². The second-order valence-corrected chi connectivity index (χ2v) is 10.7. The van der Waals surface area contributed by atoms with E-state index in [1.165, 1.54) is 5.56 Å². The Hall–Kier alpha value is -1.33. The second kappa shape index (κ2) is 5.85. The largest absolute Gasteiger partial charge is 0.492 e. The minimum atomic E-state index is -3.30. The van der Waals surface area contributed by atoms with Gasteiger partial charge >= 0.3 is 0 Å². The monoisotopic (exact) mass is 363 g/mol. The highest BCUT2D eigenvalue weighted by atomic mass is 32.2. The molecule has 0 amide bonds. The molecular formula is C20H29NO3S. The van der Waals surface area contributed by atoms with Gasteiger partial charge in [0.05, 0.1) is 11.5 Å². The maximum atomic E-state index is 12.6. The average Bonchev–Trinajstić information content (AvgIpc) is 2.95. The molecule has 2 aliphatic heterocycles. The van der Waals surface area contributed by atoms with E-state index < -0.39 is 10.0 Å². The summed E-state index contributed by atoms with van der Waals surface area (Å²) in [4.78, 5) is 0.519. The normalized spacial score (nSPS) is 23.7. The smallest absolute Gasteiger partial charge is 0.239 e. The summed E-state index contributed by atoms with van der Waals surface area (Å²) in [6.45, 7) is 14.5. The van der Waals surface area contributed by atoms with Crippen LogP contribution in [0.1, 0.15) is 64.7 Å². The Morgan fingerprint density at radius 1 is 1.28 bits per heavy atom. The van der Waals surface area contributed by atoms with Gasteiger partial charge in [-0.2, -0.15) is 4.31 Å². The van der Waals surface area contributed by atoms with Crippen LogP contribution in [0.25, 0.3) is 6.08 Å². The Morgan fingerprint density at radius 2 is 1.96 bits per heavy atom. The third-order valence-electron chi connectivity index (χ3n) is 5.18. The minimum Gasteiger partial charge on any atom is -0.492 e. The number of sulfonamides is 1. The van der Waals surface area contributed by atoms with E-state index in [4.69, 9.17) is 4.74 Å². The van der Waals surface area contributed by atoms with E-state index >= 15 is 0 Å². The first-order chi connectivity index (χ1) is 11.5. The van der Waals surface area contributed by atoms with E-state index in [2.05, 4.69) is 46.8 Å². The summed E-state index contributed by atoms with van der Waals surface area (Å²) in [5.41, 5.74) is 3.15. The molecule has 0 radical (unpaired) electrons. The molecule has 0 aliphatic carbocycles. The molecule has 0 bridgehead atoms. The Bertz CT molecular complexity index is 829. The Morgan fingerprint density at radius 3 is 2.52 bits per heavy atom. The average molecular weight is 364 g/mol. The number of hydrogen-bond acceptors (Lipinski definition) is 3. The van der Waals surface area contributed by atoms with Crippen LogP contribution in [0.15, 0.2) is 17.0 Å². The third kappa shape index (κ3) is 3.13. The van der Waals surface area contributed by atoms with Crippen LogP contribution in [-0.2, 0) is 20.9 Å². The quantitative estimate of drug-likeness (QED) is 0.796. The van der Waals surface area contributed by atoms with Crippen LogP contribution in [0.3, 0.4) is 0 Å². The number of benzene rings is 1. The predicted octanol–water partition coefficient (Wildman–Crippen LogP) is 4.05. The van der Waals surface area contributed by atoms with Gasteiger partial charge in [0.25, 0.3) is 0 Å². The van der Waals surface area contributed by atoms with E-state index in [-0.39, 0.29) is 10.8 Å². The molecule has 0 aromatic heterocycles. The van der Waals surface area contributed by atoms with Crippen molar-refractivity contribution in [2.45, 2.75) is 58.8 Å². The highest BCUT2D eigenvalue weighted by Crippen LogP contribution is 2.45. The molecule has 1 aromatic carbocycles. The molecule has 0 spiro atoms. The second-order valence-electron chi connectivity index (χ2n) is 8.73. The van der Waals surface area contributed by atoms with Crippen LogP contribution < -0.4 is 4.74 Å². The molecule has 2 heterocycles. The molecule has 0 saturated carbocycles. The van der Waals surface area contributed by atoms with Gasteiger partial charge in [-0.15, -0.1) is 0 Å². The zero-order chi connectivity index (χ0) is 18.6. The Labute approximate surface area is 151 Å². The third-order valence-corrected chi connectivity index (χ3v) is 7.29. The van der Waals surface area contributed by atoms with Crippen LogP contribution in [0.4, 0.5) is 0 Å². The van der Waals surface area contributed by atoms with Crippen LogP contribution in [0.2, 0.25) is 0 Å². The van der Waals surface area contributed by atoms with Crippen molar-refractivity contribution in [2.75, 3.05) is 19.7 Å². The summed E-state index contributed by atoms with van der Waals surface area (Å²) in [6.07, 6.45) is 2.44. The molecule has 1 aromatic rings. The fraction of sp³-hybridized carbons (Fsp3) is 0.600. The van der Waals surface area contributed by atoms with Crippen molar-refractivity contribution < 1.29 is 13.2 Å². The molecule has 0 unspecified atom stereocenters. The number of ether oxygens (including phenoxy) is 1. The molecule has 0 atom stereocenters. The van der Waals surface area contributed by atoms with E-state index in [0.717, 1.165) is 16.9 Å². The first-order valence-corrected chi connectivity index (χ1v) is 10.4. The number of hydrogen-bond donors (Lipinski definition) is 0. The van der Waals surface area contributed by atoms with Crippen molar-refractivity contribution in [3.8, 4) is 5.75 Å². The fourth-order valence-electron chi connectivity index (χ4n) is 3.59. The van der Waals surface area contributed by atoms with Crippen molar-refractivity contribution in [1.82, 2.24) is 4.31 Å². The lowest BCUT2D eigenvalue weighted by atomic mass is 9.79. The van der Waals surface area contributed by atoms with E-state index in [1.54, 1.807) is 4.31 Å². The van der Waals surface area contributed by atoms with Crippen molar-refractivity contribution in [3.05, 3.63) is 33.7 Å². The van der Waals surface area contributed by atoms with Crippen LogP contribution in [0.5, 0.6) is 5.75 Å². The highest BCUT2D eigenvalue weighted by molar-refractivity contribution is 7.93. The lowest BCUT2D eigenvalue weighted by Crippen LogP contribution is -2.24. The van der Waals surface area contributed by atoms with Gasteiger partial charge in [0, 0.05) is 29.6 Å². The van der Waals surface area contributed by atoms with Crippen LogP contribution in [-0.4, -0.2) is 32.4 Å². The maximum Gasteiger partial charge on any atom is 0.239 e. The van der Waals surface area contributed by atoms with Gasteiger partial charge in [-0.3, -0.25) is 0 Å². The zero-order valence-corrected chi connectivity index (χ0v) is 17.0. The van der Waals surface area contributed by atoms with E-state index in [9.17, 15) is 8.42 Å². The summed E-state index contributed by atoms with van der Waals surface area (Å²) in [5.74, 6) is 0.976. The number of rotatable bonds is 2. The topological polar surface area (TPSA) is 46.6 Å².